The lowest BCUT2D eigenvalue weighted by atomic mass is 9.81. The van der Waals surface area contributed by atoms with Gasteiger partial charge in [-0.05, 0) is 56.4 Å². The Labute approximate surface area is 150 Å². The molecular weight excluding hydrogens is 314 g/mol. The summed E-state index contributed by atoms with van der Waals surface area (Å²) < 4.78 is 5.42. The molecule has 4 nitrogen and oxygen atoms in total. The summed E-state index contributed by atoms with van der Waals surface area (Å²) in [6.45, 7) is 4.13. The van der Waals surface area contributed by atoms with E-state index in [1.165, 1.54) is 6.42 Å². The zero-order valence-corrected chi connectivity index (χ0v) is 15.6. The molecule has 0 bridgehead atoms. The largest absolute Gasteiger partial charge is 0.496 e. The Morgan fingerprint density at radius 3 is 2.64 bits per heavy atom. The van der Waals surface area contributed by atoms with Gasteiger partial charge < -0.3 is 9.84 Å². The molecule has 0 aromatic heterocycles. The van der Waals surface area contributed by atoms with E-state index in [9.17, 15) is 9.90 Å². The van der Waals surface area contributed by atoms with Gasteiger partial charge in [-0.3, -0.25) is 9.79 Å². The Hall–Kier alpha value is -1.68. The number of fused-ring (bicyclic) bond motifs is 1. The van der Waals surface area contributed by atoms with E-state index in [2.05, 4.69) is 13.8 Å². The van der Waals surface area contributed by atoms with Crippen molar-refractivity contribution in [2.45, 2.75) is 70.9 Å². The molecule has 0 amide bonds. The van der Waals surface area contributed by atoms with Gasteiger partial charge in [0.2, 0.25) is 0 Å². The first-order valence-corrected chi connectivity index (χ1v) is 9.36. The first-order chi connectivity index (χ1) is 11.9. The maximum absolute atomic E-state index is 12.8. The summed E-state index contributed by atoms with van der Waals surface area (Å²) in [5.41, 5.74) is 3.56. The van der Waals surface area contributed by atoms with Crippen molar-refractivity contribution in [2.75, 3.05) is 7.11 Å². The second kappa shape index (κ2) is 7.28. The number of ketones is 1. The molecule has 1 aliphatic carbocycles. The predicted octanol–water partition coefficient (Wildman–Crippen LogP) is 3.85. The van der Waals surface area contributed by atoms with E-state index >= 15 is 0 Å². The van der Waals surface area contributed by atoms with Crippen molar-refractivity contribution in [2.24, 2.45) is 10.9 Å². The molecule has 1 aromatic carbocycles. The van der Waals surface area contributed by atoms with Crippen LogP contribution < -0.4 is 4.74 Å². The van der Waals surface area contributed by atoms with E-state index in [-0.39, 0.29) is 18.1 Å². The van der Waals surface area contributed by atoms with Crippen LogP contribution in [0.3, 0.4) is 0 Å². The Balaban J connectivity index is 1.92. The highest BCUT2D eigenvalue weighted by molar-refractivity contribution is 6.13. The molecule has 1 heterocycles. The van der Waals surface area contributed by atoms with E-state index in [0.717, 1.165) is 54.5 Å². The van der Waals surface area contributed by atoms with Crippen LogP contribution in [-0.2, 0) is 17.8 Å². The van der Waals surface area contributed by atoms with Crippen LogP contribution in [0.2, 0.25) is 0 Å². The van der Waals surface area contributed by atoms with E-state index in [0.29, 0.717) is 18.0 Å². The average molecular weight is 343 g/mol. The van der Waals surface area contributed by atoms with Crippen molar-refractivity contribution < 1.29 is 14.6 Å². The highest BCUT2D eigenvalue weighted by atomic mass is 16.5. The molecule has 0 unspecified atom stereocenters. The van der Waals surface area contributed by atoms with Gasteiger partial charge in [-0.1, -0.05) is 19.3 Å². The van der Waals surface area contributed by atoms with Crippen LogP contribution in [0, 0.1) is 5.92 Å². The smallest absolute Gasteiger partial charge is 0.141 e. The fourth-order valence-corrected chi connectivity index (χ4v) is 4.20. The Kier molecular flexibility index (Phi) is 5.28. The molecule has 1 fully saturated rings. The molecule has 0 spiro atoms. The number of carbonyl (C=O) groups excluding carboxylic acids is 1. The van der Waals surface area contributed by atoms with Crippen LogP contribution in [0.15, 0.2) is 17.1 Å². The summed E-state index contributed by atoms with van der Waals surface area (Å²) in [7, 11) is 1.62. The minimum Gasteiger partial charge on any atom is -0.496 e. The summed E-state index contributed by atoms with van der Waals surface area (Å²) in [5.74, 6) is 1.22. The number of ether oxygens (including phenoxy) is 1. The van der Waals surface area contributed by atoms with Crippen molar-refractivity contribution in [3.63, 3.8) is 0 Å². The van der Waals surface area contributed by atoms with Gasteiger partial charge in [-0.2, -0.15) is 0 Å². The topological polar surface area (TPSA) is 58.9 Å². The molecule has 1 saturated carbocycles. The van der Waals surface area contributed by atoms with Crippen LogP contribution in [0.1, 0.15) is 69.1 Å². The van der Waals surface area contributed by atoms with Crippen LogP contribution in [0.5, 0.6) is 5.75 Å². The molecule has 4 heteroatoms. The molecule has 3 rings (SSSR count). The third kappa shape index (κ3) is 3.95. The molecule has 0 saturated heterocycles. The minimum atomic E-state index is -0.221. The van der Waals surface area contributed by atoms with Crippen molar-refractivity contribution >= 4 is 11.5 Å². The maximum Gasteiger partial charge on any atom is 0.141 e. The number of hydrogen-bond donors (Lipinski definition) is 1. The predicted molar refractivity (Wildman–Crippen MR) is 99.4 cm³/mol. The summed E-state index contributed by atoms with van der Waals surface area (Å²) >= 11 is 0. The van der Waals surface area contributed by atoms with Gasteiger partial charge in [-0.15, -0.1) is 0 Å². The number of aliphatic hydroxyl groups excluding tert-OH is 1. The Bertz CT molecular complexity index is 685. The number of methoxy groups -OCH3 is 1. The second-order valence-electron chi connectivity index (χ2n) is 8.01. The van der Waals surface area contributed by atoms with Gasteiger partial charge in [0.1, 0.15) is 11.5 Å². The van der Waals surface area contributed by atoms with E-state index in [1.807, 2.05) is 12.1 Å². The number of aliphatic imine (C=N–C) groups is 1. The SMILES string of the molecule is COc1cc2c(cc1CO)C(CC(=O)C1CCCCC1)=NC(C)(C)C2. The van der Waals surface area contributed by atoms with Gasteiger partial charge in [0.25, 0.3) is 0 Å². The van der Waals surface area contributed by atoms with E-state index in [1.54, 1.807) is 7.11 Å². The molecule has 2 aliphatic rings. The fraction of sp³-hybridized carbons (Fsp3) is 0.619. The molecule has 1 N–H and O–H groups in total. The number of carbonyl (C=O) groups is 1. The molecular formula is C21H29NO3. The molecule has 1 aliphatic heterocycles. The number of hydrogen-bond acceptors (Lipinski definition) is 4. The fourth-order valence-electron chi connectivity index (χ4n) is 4.20. The zero-order chi connectivity index (χ0) is 18.0. The van der Waals surface area contributed by atoms with Crippen molar-refractivity contribution in [1.82, 2.24) is 0 Å². The van der Waals surface area contributed by atoms with Gasteiger partial charge in [0.15, 0.2) is 0 Å². The normalized spacial score (nSPS) is 19.9. The maximum atomic E-state index is 12.8. The highest BCUT2D eigenvalue weighted by Crippen LogP contribution is 2.34. The molecule has 0 atom stereocenters. The summed E-state index contributed by atoms with van der Waals surface area (Å²) in [6.07, 6.45) is 6.83. The van der Waals surface area contributed by atoms with E-state index < -0.39 is 0 Å². The number of benzene rings is 1. The molecule has 0 radical (unpaired) electrons. The lowest BCUT2D eigenvalue weighted by Gasteiger charge is -2.30. The third-order valence-corrected chi connectivity index (χ3v) is 5.45. The summed E-state index contributed by atoms with van der Waals surface area (Å²) in [4.78, 5) is 17.7. The second-order valence-corrected chi connectivity index (χ2v) is 8.01. The minimum absolute atomic E-state index is 0.0797. The number of rotatable bonds is 5. The van der Waals surface area contributed by atoms with Crippen LogP contribution >= 0.6 is 0 Å². The number of aliphatic hydroxyl groups is 1. The molecule has 1 aromatic rings. The lowest BCUT2D eigenvalue weighted by Crippen LogP contribution is -2.31. The van der Waals surface area contributed by atoms with E-state index in [4.69, 9.17) is 9.73 Å². The van der Waals surface area contributed by atoms with Crippen LogP contribution in [-0.4, -0.2) is 29.3 Å². The standard InChI is InChI=1S/C21H29NO3/c1-21(2)12-15-10-20(25-3)16(13-23)9-17(15)18(22-21)11-19(24)14-7-5-4-6-8-14/h9-10,14,23H,4-8,11-13H2,1-3H3. The van der Waals surface area contributed by atoms with Gasteiger partial charge >= 0.3 is 0 Å². The quantitative estimate of drug-likeness (QED) is 0.883. The Morgan fingerprint density at radius 2 is 2.00 bits per heavy atom. The van der Waals surface area contributed by atoms with Gasteiger partial charge in [0, 0.05) is 17.9 Å². The van der Waals surface area contributed by atoms with Gasteiger partial charge in [-0.25, -0.2) is 0 Å². The number of Topliss-reactive ketones (excluding diaryl/α,β-unsaturated/α-hetero) is 1. The highest BCUT2D eigenvalue weighted by Gasteiger charge is 2.30. The third-order valence-electron chi connectivity index (χ3n) is 5.45. The first kappa shape index (κ1) is 18.1. The van der Waals surface area contributed by atoms with Crippen molar-refractivity contribution in [3.8, 4) is 5.75 Å². The summed E-state index contributed by atoms with van der Waals surface area (Å²) in [6, 6.07) is 3.96. The lowest BCUT2D eigenvalue weighted by molar-refractivity contribution is -0.122. The average Bonchev–Trinajstić information content (AvgIpc) is 2.60. The first-order valence-electron chi connectivity index (χ1n) is 9.36. The Morgan fingerprint density at radius 1 is 1.28 bits per heavy atom. The molecule has 136 valence electrons. The van der Waals surface area contributed by atoms with Crippen LogP contribution in [0.25, 0.3) is 0 Å². The summed E-state index contributed by atoms with van der Waals surface area (Å²) in [5, 5.41) is 9.64. The molecule has 25 heavy (non-hydrogen) atoms. The monoisotopic (exact) mass is 343 g/mol. The number of nitrogens with zero attached hydrogens (tertiary/aromatic N) is 1. The van der Waals surface area contributed by atoms with Gasteiger partial charge in [0.05, 0.1) is 25.0 Å². The van der Waals surface area contributed by atoms with Crippen LogP contribution in [0.4, 0.5) is 0 Å². The van der Waals surface area contributed by atoms with Crippen molar-refractivity contribution in [3.05, 3.63) is 28.8 Å². The van der Waals surface area contributed by atoms with Crippen molar-refractivity contribution in [1.29, 1.82) is 0 Å². The zero-order valence-electron chi connectivity index (χ0n) is 15.6.